The van der Waals surface area contributed by atoms with Crippen molar-refractivity contribution in [3.63, 3.8) is 0 Å². The molecule has 0 aliphatic rings. The molecular weight excluding hydrogens is 338 g/mol. The molecule has 1 heterocycles. The second-order valence-corrected chi connectivity index (χ2v) is 6.28. The summed E-state index contributed by atoms with van der Waals surface area (Å²) in [5, 5.41) is 5.82. The van der Waals surface area contributed by atoms with Crippen LogP contribution in [0.4, 0.5) is 11.5 Å². The summed E-state index contributed by atoms with van der Waals surface area (Å²) in [6.07, 6.45) is 0.819. The maximum Gasteiger partial charge on any atom is 0.243 e. The van der Waals surface area contributed by atoms with Crippen LogP contribution in [-0.4, -0.2) is 34.1 Å². The summed E-state index contributed by atoms with van der Waals surface area (Å²) >= 11 is 1.17. The van der Waals surface area contributed by atoms with Gasteiger partial charge in [0, 0.05) is 17.4 Å². The number of nitrogens with two attached hydrogens (primary N) is 1. The molecule has 0 unspecified atom stereocenters. The lowest BCUT2D eigenvalue weighted by molar-refractivity contribution is -0.122. The second kappa shape index (κ2) is 9.03. The van der Waals surface area contributed by atoms with Crippen molar-refractivity contribution in [3.8, 4) is 0 Å². The molecule has 1 aromatic carbocycles. The zero-order chi connectivity index (χ0) is 18.2. The number of nitrogen functional groups attached to an aromatic ring is 1. The highest BCUT2D eigenvalue weighted by molar-refractivity contribution is 7.99. The van der Waals surface area contributed by atoms with Gasteiger partial charge in [0.2, 0.25) is 11.8 Å². The van der Waals surface area contributed by atoms with Crippen molar-refractivity contribution < 1.29 is 9.59 Å². The molecule has 0 bridgehead atoms. The summed E-state index contributed by atoms with van der Waals surface area (Å²) in [6.45, 7) is 3.74. The molecule has 2 amide bonds. The van der Waals surface area contributed by atoms with E-state index < -0.39 is 0 Å². The number of hydrogen-bond acceptors (Lipinski definition) is 6. The number of benzene rings is 1. The first-order valence-electron chi connectivity index (χ1n) is 7.86. The molecule has 0 atom stereocenters. The monoisotopic (exact) mass is 359 g/mol. The SMILES string of the molecule is CCc1ccccc1NC(=O)CNC(=O)CSc1nc(C)cc(N)n1. The van der Waals surface area contributed by atoms with Crippen LogP contribution >= 0.6 is 11.8 Å². The Morgan fingerprint density at radius 2 is 1.96 bits per heavy atom. The fourth-order valence-electron chi connectivity index (χ4n) is 2.13. The Kier molecular flexibility index (Phi) is 6.76. The number of amides is 2. The summed E-state index contributed by atoms with van der Waals surface area (Å²) < 4.78 is 0. The third kappa shape index (κ3) is 6.07. The van der Waals surface area contributed by atoms with Crippen LogP contribution in [0, 0.1) is 6.92 Å². The smallest absolute Gasteiger partial charge is 0.243 e. The normalized spacial score (nSPS) is 10.3. The molecule has 2 aromatic rings. The van der Waals surface area contributed by atoms with Gasteiger partial charge in [0.25, 0.3) is 0 Å². The maximum atomic E-state index is 12.0. The number of nitrogens with one attached hydrogen (secondary N) is 2. The Morgan fingerprint density at radius 3 is 2.68 bits per heavy atom. The quantitative estimate of drug-likeness (QED) is 0.513. The summed E-state index contributed by atoms with van der Waals surface area (Å²) in [7, 11) is 0. The number of rotatable bonds is 7. The van der Waals surface area contributed by atoms with Crippen LogP contribution in [0.3, 0.4) is 0 Å². The number of aromatic nitrogens is 2. The van der Waals surface area contributed by atoms with Gasteiger partial charge in [-0.05, 0) is 25.0 Å². The van der Waals surface area contributed by atoms with Gasteiger partial charge in [-0.3, -0.25) is 9.59 Å². The maximum absolute atomic E-state index is 12.0. The van der Waals surface area contributed by atoms with E-state index in [9.17, 15) is 9.59 Å². The topological polar surface area (TPSA) is 110 Å². The molecule has 25 heavy (non-hydrogen) atoms. The van der Waals surface area contributed by atoms with Crippen LogP contribution < -0.4 is 16.4 Å². The molecule has 0 fully saturated rings. The molecule has 0 saturated carbocycles. The van der Waals surface area contributed by atoms with E-state index in [1.807, 2.05) is 31.2 Å². The third-order valence-corrected chi connectivity index (χ3v) is 4.15. The Labute approximate surface area is 150 Å². The van der Waals surface area contributed by atoms with Crippen LogP contribution in [0.1, 0.15) is 18.2 Å². The van der Waals surface area contributed by atoms with Gasteiger partial charge in [-0.1, -0.05) is 36.9 Å². The van der Waals surface area contributed by atoms with Gasteiger partial charge < -0.3 is 16.4 Å². The van der Waals surface area contributed by atoms with Gasteiger partial charge in [0.05, 0.1) is 12.3 Å². The van der Waals surface area contributed by atoms with Gasteiger partial charge in [0.1, 0.15) is 5.82 Å². The fourth-order valence-corrected chi connectivity index (χ4v) is 2.88. The molecule has 0 aliphatic carbocycles. The van der Waals surface area contributed by atoms with E-state index in [2.05, 4.69) is 20.6 Å². The molecular formula is C17H21N5O2S. The van der Waals surface area contributed by atoms with Crippen LogP contribution in [0.5, 0.6) is 0 Å². The second-order valence-electron chi connectivity index (χ2n) is 5.34. The number of hydrogen-bond donors (Lipinski definition) is 3. The van der Waals surface area contributed by atoms with E-state index in [1.54, 1.807) is 13.0 Å². The summed E-state index contributed by atoms with van der Waals surface area (Å²) in [5.41, 5.74) is 8.20. The first kappa shape index (κ1) is 18.7. The molecule has 0 aliphatic heterocycles. The minimum absolute atomic E-state index is 0.0890. The highest BCUT2D eigenvalue weighted by Gasteiger charge is 2.09. The number of nitrogens with zero attached hydrogens (tertiary/aromatic N) is 2. The first-order chi connectivity index (χ1) is 12.0. The molecule has 1 aromatic heterocycles. The summed E-state index contributed by atoms with van der Waals surface area (Å²) in [4.78, 5) is 32.1. The van der Waals surface area contributed by atoms with Crippen molar-refractivity contribution >= 4 is 35.1 Å². The molecule has 2 rings (SSSR count). The molecule has 0 spiro atoms. The third-order valence-electron chi connectivity index (χ3n) is 3.30. The van der Waals surface area contributed by atoms with Crippen LogP contribution in [0.2, 0.25) is 0 Å². The molecule has 7 nitrogen and oxygen atoms in total. The van der Waals surface area contributed by atoms with E-state index in [0.29, 0.717) is 11.0 Å². The van der Waals surface area contributed by atoms with Crippen molar-refractivity contribution in [2.75, 3.05) is 23.3 Å². The Bertz CT molecular complexity index is 746. The van der Waals surface area contributed by atoms with Gasteiger partial charge in [-0.15, -0.1) is 0 Å². The number of thioether (sulfide) groups is 1. The van der Waals surface area contributed by atoms with E-state index in [1.165, 1.54) is 11.8 Å². The van der Waals surface area contributed by atoms with Crippen LogP contribution in [-0.2, 0) is 16.0 Å². The largest absolute Gasteiger partial charge is 0.384 e. The van der Waals surface area contributed by atoms with E-state index in [0.717, 1.165) is 23.4 Å². The zero-order valence-electron chi connectivity index (χ0n) is 14.2. The van der Waals surface area contributed by atoms with E-state index in [4.69, 9.17) is 5.73 Å². The van der Waals surface area contributed by atoms with Gasteiger partial charge >= 0.3 is 0 Å². The Morgan fingerprint density at radius 1 is 1.20 bits per heavy atom. The standard InChI is InChI=1S/C17H21N5O2S/c1-3-12-6-4-5-7-13(12)21-15(23)9-19-16(24)10-25-17-20-11(2)8-14(18)22-17/h4-8H,3,9-10H2,1-2H3,(H,19,24)(H,21,23)(H2,18,20,22). The number of para-hydroxylation sites is 1. The predicted molar refractivity (Wildman–Crippen MR) is 99.4 cm³/mol. The average Bonchev–Trinajstić information content (AvgIpc) is 2.58. The van der Waals surface area contributed by atoms with Crippen molar-refractivity contribution in [1.82, 2.24) is 15.3 Å². The van der Waals surface area contributed by atoms with Gasteiger partial charge in [-0.25, -0.2) is 9.97 Å². The highest BCUT2D eigenvalue weighted by Crippen LogP contribution is 2.16. The summed E-state index contributed by atoms with van der Waals surface area (Å²) in [6, 6.07) is 9.24. The van der Waals surface area contributed by atoms with Crippen LogP contribution in [0.15, 0.2) is 35.5 Å². The van der Waals surface area contributed by atoms with Gasteiger partial charge in [-0.2, -0.15) is 0 Å². The first-order valence-corrected chi connectivity index (χ1v) is 8.85. The van der Waals surface area contributed by atoms with Crippen molar-refractivity contribution in [2.24, 2.45) is 0 Å². The van der Waals surface area contributed by atoms with E-state index >= 15 is 0 Å². The van der Waals surface area contributed by atoms with Crippen molar-refractivity contribution in [1.29, 1.82) is 0 Å². The molecule has 0 saturated heterocycles. The lowest BCUT2D eigenvalue weighted by Gasteiger charge is -2.10. The van der Waals surface area contributed by atoms with Crippen molar-refractivity contribution in [2.45, 2.75) is 25.4 Å². The average molecular weight is 359 g/mol. The fraction of sp³-hybridized carbons (Fsp3) is 0.294. The lowest BCUT2D eigenvalue weighted by Crippen LogP contribution is -2.34. The predicted octanol–water partition coefficient (Wildman–Crippen LogP) is 1.78. The number of carbonyl (C=O) groups excluding carboxylic acids is 2. The number of carbonyl (C=O) groups is 2. The Balaban J connectivity index is 1.78. The minimum Gasteiger partial charge on any atom is -0.384 e. The van der Waals surface area contributed by atoms with Gasteiger partial charge in [0.15, 0.2) is 5.16 Å². The molecule has 0 radical (unpaired) electrons. The van der Waals surface area contributed by atoms with Crippen molar-refractivity contribution in [3.05, 3.63) is 41.6 Å². The molecule has 8 heteroatoms. The number of anilines is 2. The number of aryl methyl sites for hydroxylation is 2. The lowest BCUT2D eigenvalue weighted by atomic mass is 10.1. The minimum atomic E-state index is -0.271. The Hall–Kier alpha value is -2.61. The molecule has 132 valence electrons. The van der Waals surface area contributed by atoms with Crippen LogP contribution in [0.25, 0.3) is 0 Å². The highest BCUT2D eigenvalue weighted by atomic mass is 32.2. The van der Waals surface area contributed by atoms with E-state index in [-0.39, 0.29) is 24.1 Å². The zero-order valence-corrected chi connectivity index (χ0v) is 15.0. The summed E-state index contributed by atoms with van der Waals surface area (Å²) in [5.74, 6) is -0.0610. The molecule has 4 N–H and O–H groups in total.